The Balaban J connectivity index is 1.49. The number of carbonyl (C=O) groups is 3. The third-order valence-electron chi connectivity index (χ3n) is 9.83. The molecule has 0 aliphatic carbocycles. The maximum absolute atomic E-state index is 14.1. The number of rotatable bonds is 7. The molecule has 2 aromatic carbocycles. The molecule has 4 atom stereocenters. The Hall–Kier alpha value is -5.17. The molecule has 13 heteroatoms. The van der Waals surface area contributed by atoms with Gasteiger partial charge in [-0.15, -0.1) is 0 Å². The first-order chi connectivity index (χ1) is 22.9. The van der Waals surface area contributed by atoms with Crippen LogP contribution >= 0.6 is 0 Å². The minimum Gasteiger partial charge on any atom is -0.476 e. The van der Waals surface area contributed by atoms with Gasteiger partial charge in [-0.3, -0.25) is 9.59 Å². The van der Waals surface area contributed by atoms with Gasteiger partial charge in [0.1, 0.15) is 34.6 Å². The van der Waals surface area contributed by atoms with Gasteiger partial charge >= 0.3 is 5.97 Å². The standard InChI is InChI=1S/C35H37N5O8/c1-6-34(45,7-2)32(44)36-22-15-18-12-13-23-20(14-18)35(19-10-8-9-11-21(19)37-33(35)47-23)27-26(30-39-25(31(42)43)17(5)46-30)40-29(48-27)24(16(3)4)38-28(22)41/h8-14,16,22,24,33,37,45H,6-7,15H2,1-5H3,(H,36,44)(H,38,41)(H,42,43)/t22-,24-,33?,35?/m0/s1. The second-order valence-corrected chi connectivity index (χ2v) is 13.0. The number of aromatic carboxylic acids is 1. The molecule has 3 aliphatic rings. The number of carboxylic acids is 1. The molecule has 1 spiro atoms. The number of benzene rings is 2. The van der Waals surface area contributed by atoms with Crippen molar-refractivity contribution in [2.45, 2.75) is 83.2 Å². The van der Waals surface area contributed by atoms with E-state index < -0.39 is 47.1 Å². The zero-order valence-electron chi connectivity index (χ0n) is 27.2. The van der Waals surface area contributed by atoms with Crippen molar-refractivity contribution in [3.8, 4) is 17.3 Å². The van der Waals surface area contributed by atoms with Crippen LogP contribution in [0.2, 0.25) is 0 Å². The van der Waals surface area contributed by atoms with E-state index in [9.17, 15) is 24.6 Å². The second-order valence-electron chi connectivity index (χ2n) is 13.0. The number of ether oxygens (including phenoxy) is 1. The molecule has 5 heterocycles. The van der Waals surface area contributed by atoms with Gasteiger partial charge in [0.25, 0.3) is 5.91 Å². The van der Waals surface area contributed by atoms with Crippen molar-refractivity contribution in [2.24, 2.45) is 5.92 Å². The number of fused-ring (bicyclic) bond motifs is 4. The van der Waals surface area contributed by atoms with Crippen molar-refractivity contribution in [2.75, 3.05) is 5.32 Å². The van der Waals surface area contributed by atoms with E-state index in [1.165, 1.54) is 6.92 Å². The van der Waals surface area contributed by atoms with Crippen molar-refractivity contribution >= 4 is 23.5 Å². The Bertz CT molecular complexity index is 1960. The van der Waals surface area contributed by atoms with Crippen molar-refractivity contribution in [1.82, 2.24) is 20.6 Å². The first kappa shape index (κ1) is 31.4. The highest BCUT2D eigenvalue weighted by Crippen LogP contribution is 2.59. The Morgan fingerprint density at radius 3 is 2.52 bits per heavy atom. The van der Waals surface area contributed by atoms with Crippen LogP contribution in [-0.2, 0) is 21.4 Å². The molecule has 0 saturated heterocycles. The Morgan fingerprint density at radius 1 is 1.08 bits per heavy atom. The molecule has 250 valence electrons. The quantitative estimate of drug-likeness (QED) is 0.192. The lowest BCUT2D eigenvalue weighted by atomic mass is 9.72. The summed E-state index contributed by atoms with van der Waals surface area (Å²) in [7, 11) is 0. The summed E-state index contributed by atoms with van der Waals surface area (Å²) in [5, 5.41) is 30.1. The molecule has 4 bridgehead atoms. The average molecular weight is 656 g/mol. The lowest BCUT2D eigenvalue weighted by Crippen LogP contribution is -2.55. The van der Waals surface area contributed by atoms with Gasteiger partial charge < -0.3 is 39.7 Å². The van der Waals surface area contributed by atoms with Crippen LogP contribution in [0.1, 0.15) is 91.2 Å². The van der Waals surface area contributed by atoms with Gasteiger partial charge in [-0.05, 0) is 48.9 Å². The van der Waals surface area contributed by atoms with Gasteiger partial charge in [-0.1, -0.05) is 58.0 Å². The number of nitrogens with zero attached hydrogens (tertiary/aromatic N) is 2. The molecular formula is C35H37N5O8. The van der Waals surface area contributed by atoms with Crippen LogP contribution in [0, 0.1) is 12.8 Å². The van der Waals surface area contributed by atoms with Crippen molar-refractivity contribution in [1.29, 1.82) is 0 Å². The van der Waals surface area contributed by atoms with E-state index in [4.69, 9.17) is 18.6 Å². The summed E-state index contributed by atoms with van der Waals surface area (Å²) in [6, 6.07) is 11.5. The van der Waals surface area contributed by atoms with Gasteiger partial charge in [-0.25, -0.2) is 14.8 Å². The molecule has 2 aromatic heterocycles. The van der Waals surface area contributed by atoms with E-state index in [0.29, 0.717) is 11.5 Å². The van der Waals surface area contributed by atoms with Crippen LogP contribution in [0.25, 0.3) is 11.6 Å². The number of carboxylic acid groups (broad SMARTS) is 1. The number of hydrogen-bond donors (Lipinski definition) is 5. The highest BCUT2D eigenvalue weighted by Gasteiger charge is 2.61. The highest BCUT2D eigenvalue weighted by atomic mass is 16.5. The van der Waals surface area contributed by atoms with E-state index in [-0.39, 0.29) is 54.1 Å². The molecule has 5 N–H and O–H groups in total. The minimum atomic E-state index is -1.64. The predicted molar refractivity (Wildman–Crippen MR) is 171 cm³/mol. The summed E-state index contributed by atoms with van der Waals surface area (Å²) in [6.45, 7) is 8.74. The van der Waals surface area contributed by atoms with Gasteiger partial charge in [0.15, 0.2) is 23.4 Å². The molecular weight excluding hydrogens is 618 g/mol. The number of amides is 2. The van der Waals surface area contributed by atoms with Gasteiger partial charge in [0.05, 0.1) is 0 Å². The molecule has 2 unspecified atom stereocenters. The number of carbonyl (C=O) groups excluding carboxylic acids is 2. The summed E-state index contributed by atoms with van der Waals surface area (Å²) in [5.74, 6) is -1.55. The molecule has 0 saturated carbocycles. The van der Waals surface area contributed by atoms with E-state index >= 15 is 0 Å². The van der Waals surface area contributed by atoms with Gasteiger partial charge in [0.2, 0.25) is 17.7 Å². The molecule has 4 aromatic rings. The second kappa shape index (κ2) is 11.2. The normalized spacial score (nSPS) is 22.5. The summed E-state index contributed by atoms with van der Waals surface area (Å²) in [5.41, 5.74) is 0.226. The molecule has 2 amide bonds. The lowest BCUT2D eigenvalue weighted by Gasteiger charge is -2.30. The summed E-state index contributed by atoms with van der Waals surface area (Å²) < 4.78 is 19.2. The minimum absolute atomic E-state index is 0.0516. The third-order valence-corrected chi connectivity index (χ3v) is 9.83. The van der Waals surface area contributed by atoms with Gasteiger partial charge in [-0.2, -0.15) is 0 Å². The number of anilines is 1. The Morgan fingerprint density at radius 2 is 1.83 bits per heavy atom. The largest absolute Gasteiger partial charge is 0.476 e. The molecule has 13 nitrogen and oxygen atoms in total. The zero-order valence-corrected chi connectivity index (χ0v) is 27.2. The number of oxazole rings is 2. The molecule has 7 rings (SSSR count). The maximum Gasteiger partial charge on any atom is 0.358 e. The summed E-state index contributed by atoms with van der Waals surface area (Å²) in [6.07, 6.45) is -0.216. The fourth-order valence-corrected chi connectivity index (χ4v) is 7.01. The number of aromatic nitrogens is 2. The lowest BCUT2D eigenvalue weighted by molar-refractivity contribution is -0.143. The number of para-hydroxylation sites is 1. The topological polar surface area (TPSA) is 189 Å². The smallest absolute Gasteiger partial charge is 0.358 e. The predicted octanol–water partition coefficient (Wildman–Crippen LogP) is 4.22. The molecule has 3 aliphatic heterocycles. The van der Waals surface area contributed by atoms with Crippen LogP contribution in [0.15, 0.2) is 51.3 Å². The van der Waals surface area contributed by atoms with Crippen molar-refractivity contribution in [3.63, 3.8) is 0 Å². The van der Waals surface area contributed by atoms with E-state index in [1.807, 2.05) is 56.3 Å². The number of nitrogens with one attached hydrogen (secondary N) is 3. The van der Waals surface area contributed by atoms with Crippen molar-refractivity contribution < 1.29 is 38.2 Å². The molecule has 48 heavy (non-hydrogen) atoms. The fourth-order valence-electron chi connectivity index (χ4n) is 7.01. The van der Waals surface area contributed by atoms with Crippen molar-refractivity contribution in [3.05, 3.63) is 82.3 Å². The summed E-state index contributed by atoms with van der Waals surface area (Å²) in [4.78, 5) is 48.6. The fraction of sp³-hybridized carbons (Fsp3) is 0.400. The van der Waals surface area contributed by atoms with E-state index in [1.54, 1.807) is 13.8 Å². The van der Waals surface area contributed by atoms with E-state index in [2.05, 4.69) is 20.9 Å². The van der Waals surface area contributed by atoms with Crippen LogP contribution in [0.5, 0.6) is 5.75 Å². The Labute approximate surface area is 276 Å². The zero-order chi connectivity index (χ0) is 34.1. The maximum atomic E-state index is 14.1. The van der Waals surface area contributed by atoms with Gasteiger partial charge in [0, 0.05) is 17.7 Å². The number of aryl methyl sites for hydroxylation is 1. The van der Waals surface area contributed by atoms with Crippen LogP contribution < -0.4 is 20.7 Å². The van der Waals surface area contributed by atoms with E-state index in [0.717, 1.165) is 22.4 Å². The first-order valence-electron chi connectivity index (χ1n) is 16.1. The average Bonchev–Trinajstić information content (AvgIpc) is 3.81. The third kappa shape index (κ3) is 4.59. The number of hydrogen-bond acceptors (Lipinski definition) is 10. The van der Waals surface area contributed by atoms with Crippen LogP contribution in [0.3, 0.4) is 0 Å². The molecule has 0 radical (unpaired) electrons. The van der Waals surface area contributed by atoms with Crippen LogP contribution in [0.4, 0.5) is 5.69 Å². The number of aliphatic hydroxyl groups is 1. The highest BCUT2D eigenvalue weighted by molar-refractivity contribution is 5.92. The SMILES string of the molecule is CCC(O)(CC)C(=O)N[C@H]1Cc2ccc3c(c2)C2(c4ccccc4NC2O3)c2oc(nc2-c2nc(C(=O)O)c(C)o2)[C@H](C(C)C)NC1=O. The van der Waals surface area contributed by atoms with Crippen LogP contribution in [-0.4, -0.2) is 55.8 Å². The molecule has 0 fully saturated rings. The Kier molecular flexibility index (Phi) is 7.35. The monoisotopic (exact) mass is 655 g/mol. The summed E-state index contributed by atoms with van der Waals surface area (Å²) >= 11 is 0. The first-order valence-corrected chi connectivity index (χ1v) is 16.1.